The summed E-state index contributed by atoms with van der Waals surface area (Å²) in [4.78, 5) is 13.7. The van der Waals surface area contributed by atoms with Crippen molar-refractivity contribution in [2.45, 2.75) is 33.6 Å². The Morgan fingerprint density at radius 2 is 2.00 bits per heavy atom. The van der Waals surface area contributed by atoms with Crippen LogP contribution in [0.1, 0.15) is 29.9 Å². The minimum Gasteiger partial charge on any atom is -0.238 e. The second kappa shape index (κ2) is 5.73. The van der Waals surface area contributed by atoms with E-state index in [0.717, 1.165) is 46.7 Å². The third-order valence-corrected chi connectivity index (χ3v) is 3.96. The molecule has 5 nitrogen and oxygen atoms in total. The maximum Gasteiger partial charge on any atom is 0.184 e. The van der Waals surface area contributed by atoms with Gasteiger partial charge in [0, 0.05) is 11.1 Å². The number of nitrogens with zero attached hydrogens (tertiary/aromatic N) is 5. The molecule has 3 aromatic heterocycles. The first-order chi connectivity index (χ1) is 10.2. The van der Waals surface area contributed by atoms with E-state index in [1.807, 2.05) is 37.4 Å². The molecule has 0 saturated heterocycles. The van der Waals surface area contributed by atoms with Gasteiger partial charge < -0.3 is 0 Å². The summed E-state index contributed by atoms with van der Waals surface area (Å²) in [7, 11) is 0. The molecule has 0 radical (unpaired) electrons. The Bertz CT molecular complexity index is 759. The van der Waals surface area contributed by atoms with Gasteiger partial charge in [-0.2, -0.15) is 4.68 Å². The predicted molar refractivity (Wildman–Crippen MR) is 83.7 cm³/mol. The second-order valence-corrected chi connectivity index (χ2v) is 5.85. The average Bonchev–Trinajstić information content (AvgIpc) is 3.06. The molecule has 0 saturated carbocycles. The number of rotatable bonds is 4. The van der Waals surface area contributed by atoms with Gasteiger partial charge in [-0.3, -0.25) is 0 Å². The van der Waals surface area contributed by atoms with Crippen molar-refractivity contribution < 1.29 is 0 Å². The molecule has 0 unspecified atom stereocenters. The van der Waals surface area contributed by atoms with E-state index in [1.54, 1.807) is 16.0 Å². The molecular formula is C15H17N5S. The summed E-state index contributed by atoms with van der Waals surface area (Å²) in [6, 6.07) is 5.88. The van der Waals surface area contributed by atoms with Gasteiger partial charge >= 0.3 is 0 Å². The zero-order valence-electron chi connectivity index (χ0n) is 12.4. The minimum atomic E-state index is 0.721. The molecule has 0 atom stereocenters. The fourth-order valence-corrected chi connectivity index (χ4v) is 3.01. The zero-order chi connectivity index (χ0) is 14.8. The maximum absolute atomic E-state index is 4.66. The monoisotopic (exact) mass is 299 g/mol. The highest BCUT2D eigenvalue weighted by atomic mass is 32.1. The number of hydrogen-bond acceptors (Lipinski definition) is 5. The summed E-state index contributed by atoms with van der Waals surface area (Å²) in [5, 5.41) is 7.64. The largest absolute Gasteiger partial charge is 0.238 e. The molecule has 3 heterocycles. The number of aromatic nitrogens is 5. The van der Waals surface area contributed by atoms with Crippen LogP contribution in [0.4, 0.5) is 0 Å². The number of thiazole rings is 1. The fraction of sp³-hybridized carbons (Fsp3) is 0.333. The zero-order valence-corrected chi connectivity index (χ0v) is 13.2. The van der Waals surface area contributed by atoms with Gasteiger partial charge in [0.1, 0.15) is 11.5 Å². The molecule has 0 fully saturated rings. The van der Waals surface area contributed by atoms with Gasteiger partial charge in [-0.25, -0.2) is 15.0 Å². The van der Waals surface area contributed by atoms with Crippen molar-refractivity contribution >= 4 is 11.3 Å². The van der Waals surface area contributed by atoms with Gasteiger partial charge in [-0.05, 0) is 38.8 Å². The van der Waals surface area contributed by atoms with E-state index in [4.69, 9.17) is 0 Å². The van der Waals surface area contributed by atoms with Crippen molar-refractivity contribution in [3.8, 4) is 17.3 Å². The molecule has 0 aliphatic rings. The first-order valence-electron chi connectivity index (χ1n) is 7.00. The third-order valence-electron chi connectivity index (χ3n) is 3.05. The van der Waals surface area contributed by atoms with Crippen LogP contribution in [0.3, 0.4) is 0 Å². The summed E-state index contributed by atoms with van der Waals surface area (Å²) in [5.41, 5.74) is 1.82. The molecule has 0 bridgehead atoms. The predicted octanol–water partition coefficient (Wildman–Crippen LogP) is 3.36. The summed E-state index contributed by atoms with van der Waals surface area (Å²) < 4.78 is 1.77. The molecule has 0 spiro atoms. The molecule has 0 aromatic carbocycles. The van der Waals surface area contributed by atoms with Gasteiger partial charge in [-0.1, -0.05) is 13.0 Å². The van der Waals surface area contributed by atoms with Crippen molar-refractivity contribution in [2.75, 3.05) is 0 Å². The Labute approximate surface area is 127 Å². The smallest absolute Gasteiger partial charge is 0.184 e. The molecule has 0 aliphatic heterocycles. The topological polar surface area (TPSA) is 56.5 Å². The number of pyridine rings is 1. The van der Waals surface area contributed by atoms with Gasteiger partial charge in [-0.15, -0.1) is 16.4 Å². The summed E-state index contributed by atoms with van der Waals surface area (Å²) in [6.45, 7) is 6.01. The van der Waals surface area contributed by atoms with Crippen LogP contribution < -0.4 is 0 Å². The number of hydrogen-bond donors (Lipinski definition) is 0. The highest BCUT2D eigenvalue weighted by molar-refractivity contribution is 7.09. The molecule has 3 aromatic rings. The molecule has 108 valence electrons. The fourth-order valence-electron chi connectivity index (χ4n) is 2.13. The Morgan fingerprint density at radius 3 is 2.76 bits per heavy atom. The number of aryl methyl sites for hydroxylation is 3. The van der Waals surface area contributed by atoms with Crippen LogP contribution in [-0.4, -0.2) is 24.7 Å². The van der Waals surface area contributed by atoms with Gasteiger partial charge in [0.05, 0.1) is 5.01 Å². The van der Waals surface area contributed by atoms with Gasteiger partial charge in [0.15, 0.2) is 11.6 Å². The van der Waals surface area contributed by atoms with Crippen LogP contribution in [0.15, 0.2) is 23.6 Å². The van der Waals surface area contributed by atoms with Crippen LogP contribution in [0.2, 0.25) is 0 Å². The highest BCUT2D eigenvalue weighted by Gasteiger charge is 2.15. The van der Waals surface area contributed by atoms with Crippen LogP contribution in [-0.2, 0) is 6.42 Å². The minimum absolute atomic E-state index is 0.721. The van der Waals surface area contributed by atoms with Crippen LogP contribution >= 0.6 is 11.3 Å². The molecule has 21 heavy (non-hydrogen) atoms. The van der Waals surface area contributed by atoms with Crippen molar-refractivity contribution in [3.63, 3.8) is 0 Å². The standard InChI is InChI=1S/C15H17N5S/c1-4-6-14-18-12(9-21-14)15-17-11(3)19-20(15)13-8-5-7-10(2)16-13/h5,7-9H,4,6H2,1-3H3. The molecule has 0 amide bonds. The lowest BCUT2D eigenvalue weighted by molar-refractivity contribution is 0.830. The summed E-state index contributed by atoms with van der Waals surface area (Å²) in [6.07, 6.45) is 2.10. The average molecular weight is 299 g/mol. The second-order valence-electron chi connectivity index (χ2n) is 4.91. The van der Waals surface area contributed by atoms with E-state index in [1.165, 1.54) is 0 Å². The molecule has 6 heteroatoms. The van der Waals surface area contributed by atoms with E-state index in [-0.39, 0.29) is 0 Å². The normalized spacial score (nSPS) is 11.0. The van der Waals surface area contributed by atoms with Crippen LogP contribution in [0, 0.1) is 13.8 Å². The van der Waals surface area contributed by atoms with E-state index in [2.05, 4.69) is 27.0 Å². The summed E-state index contributed by atoms with van der Waals surface area (Å²) in [5.74, 6) is 2.25. The van der Waals surface area contributed by atoms with Gasteiger partial charge in [0.2, 0.25) is 0 Å². The first-order valence-corrected chi connectivity index (χ1v) is 7.88. The van der Waals surface area contributed by atoms with E-state index in [0.29, 0.717) is 0 Å². The highest BCUT2D eigenvalue weighted by Crippen LogP contribution is 2.23. The van der Waals surface area contributed by atoms with Gasteiger partial charge in [0.25, 0.3) is 0 Å². The summed E-state index contributed by atoms with van der Waals surface area (Å²) >= 11 is 1.67. The maximum atomic E-state index is 4.66. The van der Waals surface area contributed by atoms with Crippen molar-refractivity contribution in [2.24, 2.45) is 0 Å². The lowest BCUT2D eigenvalue weighted by Crippen LogP contribution is -2.03. The quantitative estimate of drug-likeness (QED) is 0.741. The Morgan fingerprint density at radius 1 is 1.14 bits per heavy atom. The van der Waals surface area contributed by atoms with Crippen molar-refractivity contribution in [1.29, 1.82) is 0 Å². The van der Waals surface area contributed by atoms with Crippen molar-refractivity contribution in [3.05, 3.63) is 40.1 Å². The van der Waals surface area contributed by atoms with Crippen molar-refractivity contribution in [1.82, 2.24) is 24.7 Å². The van der Waals surface area contributed by atoms with E-state index >= 15 is 0 Å². The Kier molecular flexibility index (Phi) is 3.79. The first kappa shape index (κ1) is 13.9. The Hall–Kier alpha value is -2.08. The van der Waals surface area contributed by atoms with Crippen LogP contribution in [0.5, 0.6) is 0 Å². The Balaban J connectivity index is 2.06. The lowest BCUT2D eigenvalue weighted by Gasteiger charge is -2.03. The van der Waals surface area contributed by atoms with E-state index in [9.17, 15) is 0 Å². The molecule has 3 rings (SSSR count). The lowest BCUT2D eigenvalue weighted by atomic mass is 10.3. The third kappa shape index (κ3) is 2.85. The molecule has 0 N–H and O–H groups in total. The SMILES string of the molecule is CCCc1nc(-c2nc(C)nn2-c2cccc(C)n2)cs1. The van der Waals surface area contributed by atoms with E-state index < -0.39 is 0 Å². The van der Waals surface area contributed by atoms with Crippen LogP contribution in [0.25, 0.3) is 17.3 Å². The molecular weight excluding hydrogens is 282 g/mol. The molecule has 0 aliphatic carbocycles.